The van der Waals surface area contributed by atoms with E-state index in [1.807, 2.05) is 0 Å². The molecule has 0 aliphatic heterocycles. The zero-order valence-corrected chi connectivity index (χ0v) is 11.4. The Morgan fingerprint density at radius 1 is 1.41 bits per heavy atom. The van der Waals surface area contributed by atoms with E-state index >= 15 is 0 Å². The van der Waals surface area contributed by atoms with E-state index in [9.17, 15) is 9.90 Å². The van der Waals surface area contributed by atoms with E-state index in [2.05, 4.69) is 20.8 Å². The Bertz CT molecular complexity index is 301. The van der Waals surface area contributed by atoms with Crippen LogP contribution in [0.15, 0.2) is 0 Å². The molecule has 0 amide bonds. The lowest BCUT2D eigenvalue weighted by molar-refractivity contribution is -0.123. The van der Waals surface area contributed by atoms with Crippen LogP contribution in [0, 0.1) is 22.7 Å². The SMILES string of the molecule is CCC(C)(C=O)C1CCC2C(O)CCCC21C. The van der Waals surface area contributed by atoms with E-state index in [1.54, 1.807) is 0 Å². The molecule has 2 fully saturated rings. The van der Waals surface area contributed by atoms with E-state index in [0.717, 1.165) is 32.1 Å². The highest BCUT2D eigenvalue weighted by atomic mass is 16.3. The van der Waals surface area contributed by atoms with Gasteiger partial charge in [-0.25, -0.2) is 0 Å². The Labute approximate surface area is 105 Å². The smallest absolute Gasteiger partial charge is 0.126 e. The molecule has 2 heteroatoms. The minimum absolute atomic E-state index is 0.133. The van der Waals surface area contributed by atoms with Crippen LogP contribution >= 0.6 is 0 Å². The Hall–Kier alpha value is -0.370. The van der Waals surface area contributed by atoms with Crippen molar-refractivity contribution in [2.45, 2.75) is 65.4 Å². The average Bonchev–Trinajstić information content (AvgIpc) is 2.67. The van der Waals surface area contributed by atoms with Crippen molar-refractivity contribution in [3.8, 4) is 0 Å². The first-order valence-electron chi connectivity index (χ1n) is 7.12. The van der Waals surface area contributed by atoms with Crippen molar-refractivity contribution >= 4 is 6.29 Å². The van der Waals surface area contributed by atoms with E-state index in [-0.39, 0.29) is 16.9 Å². The predicted molar refractivity (Wildman–Crippen MR) is 68.6 cm³/mol. The van der Waals surface area contributed by atoms with Crippen LogP contribution in [0.1, 0.15) is 59.3 Å². The van der Waals surface area contributed by atoms with Gasteiger partial charge < -0.3 is 9.90 Å². The summed E-state index contributed by atoms with van der Waals surface area (Å²) in [5.74, 6) is 0.879. The molecular weight excluding hydrogens is 212 g/mol. The molecule has 0 bridgehead atoms. The number of carbonyl (C=O) groups excluding carboxylic acids is 1. The summed E-state index contributed by atoms with van der Waals surface area (Å²) in [7, 11) is 0. The largest absolute Gasteiger partial charge is 0.393 e. The lowest BCUT2D eigenvalue weighted by Gasteiger charge is -2.47. The number of hydrogen-bond acceptors (Lipinski definition) is 2. The first-order valence-corrected chi connectivity index (χ1v) is 7.12. The van der Waals surface area contributed by atoms with Gasteiger partial charge in [-0.2, -0.15) is 0 Å². The summed E-state index contributed by atoms with van der Waals surface area (Å²) in [5, 5.41) is 10.2. The maximum Gasteiger partial charge on any atom is 0.126 e. The molecule has 5 atom stereocenters. The topological polar surface area (TPSA) is 37.3 Å². The van der Waals surface area contributed by atoms with Gasteiger partial charge in [0.15, 0.2) is 0 Å². The molecule has 98 valence electrons. The van der Waals surface area contributed by atoms with Crippen molar-refractivity contribution in [3.63, 3.8) is 0 Å². The molecule has 0 saturated heterocycles. The Morgan fingerprint density at radius 2 is 2.12 bits per heavy atom. The van der Waals surface area contributed by atoms with E-state index < -0.39 is 0 Å². The Kier molecular flexibility index (Phi) is 3.37. The van der Waals surface area contributed by atoms with Gasteiger partial charge in [0.2, 0.25) is 0 Å². The van der Waals surface area contributed by atoms with Crippen LogP contribution in [-0.2, 0) is 4.79 Å². The number of aliphatic hydroxyl groups is 1. The molecule has 2 saturated carbocycles. The van der Waals surface area contributed by atoms with E-state index in [1.165, 1.54) is 12.7 Å². The van der Waals surface area contributed by atoms with Crippen molar-refractivity contribution in [3.05, 3.63) is 0 Å². The third-order valence-corrected chi connectivity index (χ3v) is 5.92. The number of rotatable bonds is 3. The molecule has 0 spiro atoms. The van der Waals surface area contributed by atoms with Crippen molar-refractivity contribution < 1.29 is 9.90 Å². The minimum Gasteiger partial charge on any atom is -0.393 e. The summed E-state index contributed by atoms with van der Waals surface area (Å²) >= 11 is 0. The van der Waals surface area contributed by atoms with Crippen molar-refractivity contribution in [1.82, 2.24) is 0 Å². The summed E-state index contributed by atoms with van der Waals surface area (Å²) in [4.78, 5) is 11.5. The zero-order valence-electron chi connectivity index (χ0n) is 11.4. The van der Waals surface area contributed by atoms with Gasteiger partial charge in [0.05, 0.1) is 6.10 Å². The summed E-state index contributed by atoms with van der Waals surface area (Å²) in [5.41, 5.74) is -0.0100. The maximum absolute atomic E-state index is 11.5. The normalized spacial score (nSPS) is 45.1. The van der Waals surface area contributed by atoms with Crippen LogP contribution < -0.4 is 0 Å². The van der Waals surface area contributed by atoms with Gasteiger partial charge in [-0.05, 0) is 49.4 Å². The highest BCUT2D eigenvalue weighted by Gasteiger charge is 2.55. The third kappa shape index (κ3) is 1.85. The van der Waals surface area contributed by atoms with E-state index in [0.29, 0.717) is 11.8 Å². The van der Waals surface area contributed by atoms with E-state index in [4.69, 9.17) is 0 Å². The van der Waals surface area contributed by atoms with Gasteiger partial charge in [-0.3, -0.25) is 0 Å². The molecule has 0 aromatic rings. The molecule has 5 unspecified atom stereocenters. The molecule has 2 aliphatic carbocycles. The molecule has 0 heterocycles. The number of aliphatic hydroxyl groups excluding tert-OH is 1. The molecule has 2 rings (SSSR count). The van der Waals surface area contributed by atoms with Crippen molar-refractivity contribution in [2.75, 3.05) is 0 Å². The van der Waals surface area contributed by atoms with Crippen LogP contribution in [-0.4, -0.2) is 17.5 Å². The van der Waals surface area contributed by atoms with Gasteiger partial charge in [-0.1, -0.05) is 27.2 Å². The lowest BCUT2D eigenvalue weighted by atomic mass is 9.57. The quantitative estimate of drug-likeness (QED) is 0.767. The fourth-order valence-corrected chi connectivity index (χ4v) is 4.64. The number of carbonyl (C=O) groups is 1. The van der Waals surface area contributed by atoms with Gasteiger partial charge in [0.1, 0.15) is 6.29 Å². The molecule has 0 radical (unpaired) electrons. The van der Waals surface area contributed by atoms with Gasteiger partial charge in [-0.15, -0.1) is 0 Å². The van der Waals surface area contributed by atoms with Crippen LogP contribution in [0.4, 0.5) is 0 Å². The van der Waals surface area contributed by atoms with Crippen molar-refractivity contribution in [1.29, 1.82) is 0 Å². The molecule has 17 heavy (non-hydrogen) atoms. The fraction of sp³-hybridized carbons (Fsp3) is 0.933. The van der Waals surface area contributed by atoms with Crippen LogP contribution in [0.5, 0.6) is 0 Å². The maximum atomic E-state index is 11.5. The second kappa shape index (κ2) is 4.38. The molecule has 2 aliphatic rings. The first kappa shape index (κ1) is 13.1. The van der Waals surface area contributed by atoms with Crippen LogP contribution in [0.2, 0.25) is 0 Å². The lowest BCUT2D eigenvalue weighted by Crippen LogP contribution is -2.45. The Balaban J connectivity index is 2.29. The predicted octanol–water partition coefficient (Wildman–Crippen LogP) is 3.18. The number of fused-ring (bicyclic) bond motifs is 1. The van der Waals surface area contributed by atoms with Gasteiger partial charge >= 0.3 is 0 Å². The van der Waals surface area contributed by atoms with Gasteiger partial charge in [0.25, 0.3) is 0 Å². The van der Waals surface area contributed by atoms with Crippen LogP contribution in [0.25, 0.3) is 0 Å². The monoisotopic (exact) mass is 238 g/mol. The second-order valence-corrected chi connectivity index (χ2v) is 6.68. The standard InChI is InChI=1S/C15H26O2/c1-4-14(2,10-16)13-8-7-11-12(17)6-5-9-15(11,13)3/h10-13,17H,4-9H2,1-3H3. The molecular formula is C15H26O2. The Morgan fingerprint density at radius 3 is 2.71 bits per heavy atom. The summed E-state index contributed by atoms with van der Waals surface area (Å²) in [6.07, 6.45) is 7.42. The minimum atomic E-state index is -0.194. The van der Waals surface area contributed by atoms with Gasteiger partial charge in [0, 0.05) is 5.41 Å². The number of aldehydes is 1. The number of hydrogen-bond donors (Lipinski definition) is 1. The first-order chi connectivity index (χ1) is 7.98. The summed E-state index contributed by atoms with van der Waals surface area (Å²) in [6, 6.07) is 0. The molecule has 0 aromatic carbocycles. The van der Waals surface area contributed by atoms with Crippen LogP contribution in [0.3, 0.4) is 0 Å². The highest BCUT2D eigenvalue weighted by molar-refractivity contribution is 5.59. The molecule has 2 nitrogen and oxygen atoms in total. The average molecular weight is 238 g/mol. The summed E-state index contributed by atoms with van der Waals surface area (Å²) in [6.45, 7) is 6.54. The molecule has 1 N–H and O–H groups in total. The summed E-state index contributed by atoms with van der Waals surface area (Å²) < 4.78 is 0. The fourth-order valence-electron chi connectivity index (χ4n) is 4.64. The third-order valence-electron chi connectivity index (χ3n) is 5.92. The van der Waals surface area contributed by atoms with Crippen molar-refractivity contribution in [2.24, 2.45) is 22.7 Å². The second-order valence-electron chi connectivity index (χ2n) is 6.68. The molecule has 0 aromatic heterocycles. The highest BCUT2D eigenvalue weighted by Crippen LogP contribution is 2.60. The zero-order chi connectivity index (χ0) is 12.7.